The summed E-state index contributed by atoms with van der Waals surface area (Å²) >= 11 is 0. The molecule has 1 aromatic carbocycles. The first-order valence-corrected chi connectivity index (χ1v) is 8.95. The summed E-state index contributed by atoms with van der Waals surface area (Å²) in [6, 6.07) is 7.63. The van der Waals surface area contributed by atoms with E-state index in [1.807, 2.05) is 45.0 Å². The fourth-order valence-corrected chi connectivity index (χ4v) is 4.37. The maximum absolute atomic E-state index is 12.0. The lowest BCUT2D eigenvalue weighted by Gasteiger charge is -2.30. The van der Waals surface area contributed by atoms with E-state index in [4.69, 9.17) is 4.74 Å². The zero-order valence-corrected chi connectivity index (χ0v) is 13.1. The Bertz CT molecular complexity index is 537. The first kappa shape index (κ1) is 15.3. The largest absolute Gasteiger partial charge is 0.491 e. The smallest absolute Gasteiger partial charge is 0.153 e. The average Bonchev–Trinajstić information content (AvgIpc) is 2.37. The Kier molecular flexibility index (Phi) is 4.70. The van der Waals surface area contributed by atoms with Crippen molar-refractivity contribution in [3.05, 3.63) is 29.8 Å². The van der Waals surface area contributed by atoms with E-state index in [9.17, 15) is 8.42 Å². The molecular weight excluding hydrogens is 274 g/mol. The highest BCUT2D eigenvalue weighted by atomic mass is 32.2. The molecule has 1 aliphatic heterocycles. The first-order chi connectivity index (χ1) is 9.39. The van der Waals surface area contributed by atoms with Gasteiger partial charge in [-0.3, -0.25) is 0 Å². The van der Waals surface area contributed by atoms with Crippen LogP contribution in [0.5, 0.6) is 5.75 Å². The number of hydrogen-bond acceptors (Lipinski definition) is 4. The number of ether oxygens (including phenoxy) is 1. The minimum Gasteiger partial charge on any atom is -0.491 e. The highest BCUT2D eigenvalue weighted by molar-refractivity contribution is 7.91. The molecule has 1 aliphatic rings. The van der Waals surface area contributed by atoms with Crippen molar-refractivity contribution in [2.45, 2.75) is 45.4 Å². The van der Waals surface area contributed by atoms with Gasteiger partial charge in [0.1, 0.15) is 5.75 Å². The number of benzene rings is 1. The molecule has 2 rings (SSSR count). The lowest BCUT2D eigenvalue weighted by atomic mass is 10.1. The van der Waals surface area contributed by atoms with Gasteiger partial charge in [0, 0.05) is 12.1 Å². The van der Waals surface area contributed by atoms with Crippen LogP contribution in [0.25, 0.3) is 0 Å². The van der Waals surface area contributed by atoms with Crippen LogP contribution in [-0.2, 0) is 9.84 Å². The van der Waals surface area contributed by atoms with Crippen molar-refractivity contribution in [3.8, 4) is 5.75 Å². The summed E-state index contributed by atoms with van der Waals surface area (Å²) in [6.45, 7) is 5.97. The third-order valence-electron chi connectivity index (χ3n) is 3.46. The number of sulfone groups is 1. The summed E-state index contributed by atoms with van der Waals surface area (Å²) in [5, 5.41) is 3.42. The second-order valence-electron chi connectivity index (χ2n) is 5.64. The third-order valence-corrected chi connectivity index (χ3v) is 5.21. The standard InChI is InChI=1S/C15H23NO3S/c1-4-13-9-20(17,18)10-15(16-13)12-5-7-14(8-6-12)19-11(2)3/h5-8,11,13,15-16H,4,9-10H2,1-3H3. The summed E-state index contributed by atoms with van der Waals surface area (Å²) in [5.41, 5.74) is 1.00. The molecule has 0 radical (unpaired) electrons. The predicted molar refractivity (Wildman–Crippen MR) is 80.8 cm³/mol. The second-order valence-corrected chi connectivity index (χ2v) is 7.79. The number of rotatable bonds is 4. The molecule has 1 fully saturated rings. The molecule has 20 heavy (non-hydrogen) atoms. The predicted octanol–water partition coefficient (Wildman–Crippen LogP) is 2.31. The zero-order valence-electron chi connectivity index (χ0n) is 12.3. The minimum absolute atomic E-state index is 0.0466. The normalized spacial score (nSPS) is 25.6. The van der Waals surface area contributed by atoms with Crippen LogP contribution in [-0.4, -0.2) is 32.1 Å². The Morgan fingerprint density at radius 1 is 1.25 bits per heavy atom. The molecule has 112 valence electrons. The van der Waals surface area contributed by atoms with Crippen molar-refractivity contribution in [2.75, 3.05) is 11.5 Å². The lowest BCUT2D eigenvalue weighted by molar-refractivity contribution is 0.242. The van der Waals surface area contributed by atoms with Gasteiger partial charge in [-0.2, -0.15) is 0 Å². The number of nitrogens with one attached hydrogen (secondary N) is 1. The van der Waals surface area contributed by atoms with E-state index in [-0.39, 0.29) is 29.7 Å². The SMILES string of the molecule is CCC1CS(=O)(=O)CC(c2ccc(OC(C)C)cc2)N1. The fraction of sp³-hybridized carbons (Fsp3) is 0.600. The van der Waals surface area contributed by atoms with Crippen LogP contribution in [0.1, 0.15) is 38.8 Å². The van der Waals surface area contributed by atoms with Crippen LogP contribution in [0.3, 0.4) is 0 Å². The zero-order chi connectivity index (χ0) is 14.8. The van der Waals surface area contributed by atoms with Gasteiger partial charge in [0.25, 0.3) is 0 Å². The molecule has 1 aromatic rings. The molecule has 0 spiro atoms. The topological polar surface area (TPSA) is 55.4 Å². The maximum atomic E-state index is 12.0. The highest BCUT2D eigenvalue weighted by Crippen LogP contribution is 2.24. The van der Waals surface area contributed by atoms with E-state index >= 15 is 0 Å². The van der Waals surface area contributed by atoms with E-state index in [1.165, 1.54) is 0 Å². The monoisotopic (exact) mass is 297 g/mol. The van der Waals surface area contributed by atoms with Crippen molar-refractivity contribution in [1.29, 1.82) is 0 Å². The third kappa shape index (κ3) is 3.96. The molecule has 0 bridgehead atoms. The summed E-state index contributed by atoms with van der Waals surface area (Å²) in [6.07, 6.45) is 0.961. The molecule has 1 N–H and O–H groups in total. The van der Waals surface area contributed by atoms with Gasteiger partial charge in [-0.05, 0) is 38.0 Å². The fourth-order valence-electron chi connectivity index (χ4n) is 2.49. The molecule has 2 unspecified atom stereocenters. The summed E-state index contributed by atoms with van der Waals surface area (Å²) < 4.78 is 29.5. The van der Waals surface area contributed by atoms with Gasteiger partial charge in [0.05, 0.1) is 17.6 Å². The molecule has 1 saturated heterocycles. The molecule has 0 aliphatic carbocycles. The molecule has 1 heterocycles. The summed E-state index contributed by atoms with van der Waals surface area (Å²) in [5.74, 6) is 1.23. The van der Waals surface area contributed by atoms with Crippen molar-refractivity contribution in [1.82, 2.24) is 5.32 Å². The van der Waals surface area contributed by atoms with E-state index in [0.29, 0.717) is 0 Å². The molecule has 0 amide bonds. The molecule has 4 nitrogen and oxygen atoms in total. The van der Waals surface area contributed by atoms with Gasteiger partial charge in [0.15, 0.2) is 9.84 Å². The van der Waals surface area contributed by atoms with Crippen molar-refractivity contribution >= 4 is 9.84 Å². The van der Waals surface area contributed by atoms with E-state index in [2.05, 4.69) is 5.32 Å². The Morgan fingerprint density at radius 2 is 1.90 bits per heavy atom. The van der Waals surface area contributed by atoms with Crippen LogP contribution < -0.4 is 10.1 Å². The molecular formula is C15H23NO3S. The average molecular weight is 297 g/mol. The van der Waals surface area contributed by atoms with Crippen LogP contribution in [0.4, 0.5) is 0 Å². The Balaban J connectivity index is 2.14. The molecule has 0 aromatic heterocycles. The van der Waals surface area contributed by atoms with Crippen molar-refractivity contribution < 1.29 is 13.2 Å². The van der Waals surface area contributed by atoms with Gasteiger partial charge < -0.3 is 10.1 Å². The van der Waals surface area contributed by atoms with Gasteiger partial charge in [-0.1, -0.05) is 19.1 Å². The lowest BCUT2D eigenvalue weighted by Crippen LogP contribution is -2.46. The van der Waals surface area contributed by atoms with Crippen LogP contribution in [0.2, 0.25) is 0 Å². The number of hydrogen-bond donors (Lipinski definition) is 1. The van der Waals surface area contributed by atoms with E-state index in [0.717, 1.165) is 17.7 Å². The highest BCUT2D eigenvalue weighted by Gasteiger charge is 2.30. The second kappa shape index (κ2) is 6.14. The van der Waals surface area contributed by atoms with Gasteiger partial charge in [-0.15, -0.1) is 0 Å². The Morgan fingerprint density at radius 3 is 2.45 bits per heavy atom. The van der Waals surface area contributed by atoms with E-state index < -0.39 is 9.84 Å². The van der Waals surface area contributed by atoms with Crippen LogP contribution in [0, 0.1) is 0 Å². The van der Waals surface area contributed by atoms with Gasteiger partial charge >= 0.3 is 0 Å². The van der Waals surface area contributed by atoms with Crippen molar-refractivity contribution in [2.24, 2.45) is 0 Å². The summed E-state index contributed by atoms with van der Waals surface area (Å²) in [4.78, 5) is 0. The first-order valence-electron chi connectivity index (χ1n) is 7.12. The van der Waals surface area contributed by atoms with Crippen LogP contribution in [0.15, 0.2) is 24.3 Å². The molecule has 5 heteroatoms. The quantitative estimate of drug-likeness (QED) is 0.926. The minimum atomic E-state index is -2.96. The molecule has 0 saturated carbocycles. The summed E-state index contributed by atoms with van der Waals surface area (Å²) in [7, 11) is -2.96. The maximum Gasteiger partial charge on any atom is 0.153 e. The van der Waals surface area contributed by atoms with Crippen LogP contribution >= 0.6 is 0 Å². The Hall–Kier alpha value is -1.07. The van der Waals surface area contributed by atoms with E-state index in [1.54, 1.807) is 0 Å². The van der Waals surface area contributed by atoms with Crippen molar-refractivity contribution in [3.63, 3.8) is 0 Å². The van der Waals surface area contributed by atoms with Gasteiger partial charge in [0.2, 0.25) is 0 Å². The Labute approximate surface area is 121 Å². The van der Waals surface area contributed by atoms with Gasteiger partial charge in [-0.25, -0.2) is 8.42 Å². The molecule has 2 atom stereocenters.